The predicted molar refractivity (Wildman–Crippen MR) is 41.0 cm³/mol. The molecule has 0 saturated carbocycles. The van der Waals surface area contributed by atoms with E-state index < -0.39 is 0 Å². The van der Waals surface area contributed by atoms with E-state index in [1.54, 1.807) is 12.1 Å². The predicted octanol–water partition coefficient (Wildman–Crippen LogP) is 1.46. The van der Waals surface area contributed by atoms with Gasteiger partial charge in [0.25, 0.3) is 0 Å². The van der Waals surface area contributed by atoms with Gasteiger partial charge in [-0.1, -0.05) is 11.6 Å². The lowest BCUT2D eigenvalue weighted by atomic mass is 10.2. The van der Waals surface area contributed by atoms with Gasteiger partial charge in [0, 0.05) is 6.07 Å². The van der Waals surface area contributed by atoms with Crippen LogP contribution in [0.15, 0.2) is 18.2 Å². The first kappa shape index (κ1) is 7.86. The van der Waals surface area contributed by atoms with E-state index in [1.165, 1.54) is 6.07 Å². The van der Waals surface area contributed by atoms with Crippen LogP contribution in [0.5, 0.6) is 5.75 Å². The van der Waals surface area contributed by atoms with Crippen LogP contribution in [0.25, 0.3) is 0 Å². The average Bonchev–Trinajstić information content (AvgIpc) is 2.04. The average molecular weight is 169 g/mol. The van der Waals surface area contributed by atoms with Crippen LogP contribution >= 0.6 is 11.6 Å². The normalized spacial score (nSPS) is 8.82. The SMILES string of the molecule is N#Cc1ccc(ON)cc1Cl. The van der Waals surface area contributed by atoms with Gasteiger partial charge in [-0.2, -0.15) is 11.2 Å². The van der Waals surface area contributed by atoms with Crippen LogP contribution in [-0.2, 0) is 0 Å². The Bertz CT molecular complexity index is 306. The van der Waals surface area contributed by atoms with Gasteiger partial charge in [-0.3, -0.25) is 0 Å². The first-order chi connectivity index (χ1) is 5.27. The molecule has 1 rings (SSSR count). The van der Waals surface area contributed by atoms with Gasteiger partial charge in [0.1, 0.15) is 11.8 Å². The minimum absolute atomic E-state index is 0.343. The van der Waals surface area contributed by atoms with Crippen molar-refractivity contribution < 1.29 is 4.84 Å². The Labute approximate surface area is 68.9 Å². The fraction of sp³-hybridized carbons (Fsp3) is 0. The van der Waals surface area contributed by atoms with Gasteiger partial charge in [-0.05, 0) is 12.1 Å². The molecule has 0 heterocycles. The maximum Gasteiger partial charge on any atom is 0.148 e. The van der Waals surface area contributed by atoms with Crippen LogP contribution in [0.2, 0.25) is 5.02 Å². The molecule has 0 atom stereocenters. The minimum atomic E-state index is 0.343. The molecule has 0 bridgehead atoms. The second kappa shape index (κ2) is 3.24. The van der Waals surface area contributed by atoms with Gasteiger partial charge in [0.2, 0.25) is 0 Å². The van der Waals surface area contributed by atoms with Crippen molar-refractivity contribution >= 4 is 11.6 Å². The topological polar surface area (TPSA) is 59.0 Å². The van der Waals surface area contributed by atoms with Gasteiger partial charge in [0.15, 0.2) is 0 Å². The molecule has 0 radical (unpaired) electrons. The maximum atomic E-state index is 8.48. The summed E-state index contributed by atoms with van der Waals surface area (Å²) in [5, 5.41) is 8.82. The van der Waals surface area contributed by atoms with E-state index in [2.05, 4.69) is 4.84 Å². The molecule has 0 spiro atoms. The van der Waals surface area contributed by atoms with Crippen molar-refractivity contribution in [3.63, 3.8) is 0 Å². The van der Waals surface area contributed by atoms with Gasteiger partial charge in [0.05, 0.1) is 10.6 Å². The third-order valence-electron chi connectivity index (χ3n) is 1.20. The highest BCUT2D eigenvalue weighted by Crippen LogP contribution is 2.20. The summed E-state index contributed by atoms with van der Waals surface area (Å²) in [6.07, 6.45) is 0. The third-order valence-corrected chi connectivity index (χ3v) is 1.51. The molecule has 11 heavy (non-hydrogen) atoms. The monoisotopic (exact) mass is 168 g/mol. The number of nitriles is 1. The second-order valence-corrected chi connectivity index (χ2v) is 2.28. The fourth-order valence-corrected chi connectivity index (χ4v) is 0.873. The molecule has 0 aliphatic carbocycles. The van der Waals surface area contributed by atoms with Gasteiger partial charge >= 0.3 is 0 Å². The Hall–Kier alpha value is -1.24. The standard InChI is InChI=1S/C7H5ClN2O/c8-7-3-6(11-10)2-1-5(7)4-9/h1-3H,10H2. The molecule has 0 aliphatic heterocycles. The van der Waals surface area contributed by atoms with Crippen molar-refractivity contribution in [1.29, 1.82) is 5.26 Å². The quantitative estimate of drug-likeness (QED) is 0.646. The van der Waals surface area contributed by atoms with E-state index in [1.807, 2.05) is 6.07 Å². The molecule has 0 aromatic heterocycles. The summed E-state index contributed by atoms with van der Waals surface area (Å²) in [6.45, 7) is 0. The Morgan fingerprint density at radius 2 is 2.27 bits per heavy atom. The van der Waals surface area contributed by atoms with Crippen LogP contribution < -0.4 is 10.7 Å². The molecule has 1 aromatic rings. The Morgan fingerprint density at radius 1 is 1.55 bits per heavy atom. The largest absolute Gasteiger partial charge is 0.411 e. The van der Waals surface area contributed by atoms with Crippen LogP contribution in [0.4, 0.5) is 0 Å². The molecule has 0 aliphatic rings. The number of hydrogen-bond acceptors (Lipinski definition) is 3. The van der Waals surface area contributed by atoms with Crippen molar-refractivity contribution in [1.82, 2.24) is 0 Å². The number of benzene rings is 1. The lowest BCUT2D eigenvalue weighted by Crippen LogP contribution is -2.01. The Balaban J connectivity index is 3.12. The molecular weight excluding hydrogens is 164 g/mol. The molecule has 0 fully saturated rings. The second-order valence-electron chi connectivity index (χ2n) is 1.87. The highest BCUT2D eigenvalue weighted by Gasteiger charge is 1.99. The van der Waals surface area contributed by atoms with Gasteiger partial charge in [-0.25, -0.2) is 0 Å². The summed E-state index contributed by atoms with van der Waals surface area (Å²) in [4.78, 5) is 4.40. The zero-order valence-corrected chi connectivity index (χ0v) is 6.30. The molecule has 1 aromatic carbocycles. The lowest BCUT2D eigenvalue weighted by molar-refractivity contribution is 0.334. The van der Waals surface area contributed by atoms with Gasteiger partial charge < -0.3 is 4.84 Å². The fourth-order valence-electron chi connectivity index (χ4n) is 0.660. The summed E-state index contributed by atoms with van der Waals surface area (Å²) in [5.41, 5.74) is 0.410. The number of nitrogens with two attached hydrogens (primary N) is 1. The summed E-state index contributed by atoms with van der Waals surface area (Å²) < 4.78 is 0. The van der Waals surface area contributed by atoms with Crippen molar-refractivity contribution in [3.05, 3.63) is 28.8 Å². The smallest absolute Gasteiger partial charge is 0.148 e. The van der Waals surface area contributed by atoms with E-state index in [-0.39, 0.29) is 0 Å². The van der Waals surface area contributed by atoms with E-state index in [0.717, 1.165) is 0 Å². The maximum absolute atomic E-state index is 8.48. The summed E-state index contributed by atoms with van der Waals surface area (Å²) in [7, 11) is 0. The minimum Gasteiger partial charge on any atom is -0.411 e. The summed E-state index contributed by atoms with van der Waals surface area (Å²) in [5.74, 6) is 5.31. The zero-order valence-electron chi connectivity index (χ0n) is 5.54. The lowest BCUT2D eigenvalue weighted by Gasteiger charge is -1.98. The first-order valence-electron chi connectivity index (χ1n) is 2.84. The zero-order chi connectivity index (χ0) is 8.27. The molecule has 56 valence electrons. The molecule has 0 amide bonds. The molecular formula is C7H5ClN2O. The van der Waals surface area contributed by atoms with Crippen molar-refractivity contribution in [2.24, 2.45) is 5.90 Å². The molecule has 0 unspecified atom stereocenters. The van der Waals surface area contributed by atoms with Crippen LogP contribution in [0.3, 0.4) is 0 Å². The van der Waals surface area contributed by atoms with E-state index >= 15 is 0 Å². The number of halogens is 1. The Kier molecular flexibility index (Phi) is 2.32. The summed E-state index contributed by atoms with van der Waals surface area (Å²) >= 11 is 5.65. The van der Waals surface area contributed by atoms with Crippen LogP contribution in [0, 0.1) is 11.3 Å². The molecule has 0 saturated heterocycles. The Morgan fingerprint density at radius 3 is 2.73 bits per heavy atom. The van der Waals surface area contributed by atoms with Crippen molar-refractivity contribution in [2.45, 2.75) is 0 Å². The summed E-state index contributed by atoms with van der Waals surface area (Å²) in [6, 6.07) is 6.52. The first-order valence-corrected chi connectivity index (χ1v) is 3.22. The number of rotatable bonds is 1. The highest BCUT2D eigenvalue weighted by atomic mass is 35.5. The molecule has 4 heteroatoms. The van der Waals surface area contributed by atoms with Crippen LogP contribution in [0.1, 0.15) is 5.56 Å². The van der Waals surface area contributed by atoms with Gasteiger partial charge in [-0.15, -0.1) is 0 Å². The van der Waals surface area contributed by atoms with E-state index in [4.69, 9.17) is 22.8 Å². The van der Waals surface area contributed by atoms with Crippen molar-refractivity contribution in [3.8, 4) is 11.8 Å². The number of nitrogens with zero attached hydrogens (tertiary/aromatic N) is 1. The van der Waals surface area contributed by atoms with Crippen molar-refractivity contribution in [2.75, 3.05) is 0 Å². The highest BCUT2D eigenvalue weighted by molar-refractivity contribution is 6.31. The van der Waals surface area contributed by atoms with Crippen LogP contribution in [-0.4, -0.2) is 0 Å². The molecule has 2 N–H and O–H groups in total. The molecule has 3 nitrogen and oxygen atoms in total. The van der Waals surface area contributed by atoms with E-state index in [0.29, 0.717) is 16.3 Å². The van der Waals surface area contributed by atoms with E-state index in [9.17, 15) is 0 Å². The third kappa shape index (κ3) is 1.61. The number of hydrogen-bond donors (Lipinski definition) is 1.